The minimum absolute atomic E-state index is 0.00124. The van der Waals surface area contributed by atoms with Crippen molar-refractivity contribution in [3.05, 3.63) is 70.7 Å². The summed E-state index contributed by atoms with van der Waals surface area (Å²) in [5, 5.41) is -0.209. The molecule has 0 heterocycles. The zero-order chi connectivity index (χ0) is 25.8. The molecular formula is C25H24ClO8P. The van der Waals surface area contributed by atoms with E-state index in [1.165, 1.54) is 71.9 Å². The quantitative estimate of drug-likeness (QED) is 0.344. The molecule has 184 valence electrons. The van der Waals surface area contributed by atoms with E-state index in [-0.39, 0.29) is 44.5 Å². The Bertz CT molecular complexity index is 1280. The molecule has 0 aliphatic rings. The molecule has 3 aromatic rings. The maximum Gasteiger partial charge on any atom is 0.256 e. The third kappa shape index (κ3) is 4.59. The average Bonchev–Trinajstić information content (AvgIpc) is 2.91. The molecule has 1 atom stereocenters. The predicted octanol–water partition coefficient (Wildman–Crippen LogP) is 5.05. The van der Waals surface area contributed by atoms with Gasteiger partial charge >= 0.3 is 0 Å². The highest BCUT2D eigenvalue weighted by Crippen LogP contribution is 2.58. The number of halogens is 1. The van der Waals surface area contributed by atoms with Crippen LogP contribution in [0.15, 0.2) is 54.6 Å². The molecule has 10 heteroatoms. The zero-order valence-electron chi connectivity index (χ0n) is 19.8. The summed E-state index contributed by atoms with van der Waals surface area (Å²) in [5.74, 6) is 0.231. The normalized spacial score (nSPS) is 12.3. The number of carbonyl (C=O) groups is 2. The zero-order valence-corrected chi connectivity index (χ0v) is 21.4. The molecule has 0 saturated heterocycles. The summed E-state index contributed by atoms with van der Waals surface area (Å²) in [6.07, 6.45) is 0. The van der Waals surface area contributed by atoms with Gasteiger partial charge in [-0.3, -0.25) is 9.59 Å². The Balaban J connectivity index is 2.46. The van der Waals surface area contributed by atoms with Crippen LogP contribution >= 0.6 is 18.7 Å². The first-order valence-electron chi connectivity index (χ1n) is 10.2. The van der Waals surface area contributed by atoms with Crippen LogP contribution in [0, 0.1) is 0 Å². The maximum absolute atomic E-state index is 15.0. The highest BCUT2D eigenvalue weighted by atomic mass is 35.5. The van der Waals surface area contributed by atoms with Crippen molar-refractivity contribution in [1.29, 1.82) is 0 Å². The van der Waals surface area contributed by atoms with Crippen LogP contribution in [0.25, 0.3) is 0 Å². The predicted molar refractivity (Wildman–Crippen MR) is 133 cm³/mol. The average molecular weight is 519 g/mol. The summed E-state index contributed by atoms with van der Waals surface area (Å²) >= 11 is 6.33. The third-order valence-electron chi connectivity index (χ3n) is 5.31. The number of hydrogen-bond donors (Lipinski definition) is 0. The van der Waals surface area contributed by atoms with E-state index in [2.05, 4.69) is 0 Å². The van der Waals surface area contributed by atoms with E-state index >= 15 is 0 Å². The fourth-order valence-corrected chi connectivity index (χ4v) is 6.53. The summed E-state index contributed by atoms with van der Waals surface area (Å²) in [7, 11) is 1.95. The highest BCUT2D eigenvalue weighted by Gasteiger charge is 2.49. The van der Waals surface area contributed by atoms with Gasteiger partial charge in [0.25, 0.3) is 7.14 Å². The molecule has 35 heavy (non-hydrogen) atoms. The fraction of sp³-hybridized carbons (Fsp3) is 0.200. The van der Waals surface area contributed by atoms with Crippen LogP contribution < -0.4 is 29.0 Å². The largest absolute Gasteiger partial charge is 0.496 e. The number of benzene rings is 3. The molecule has 1 unspecified atom stereocenters. The first-order chi connectivity index (χ1) is 16.8. The minimum atomic E-state index is -4.75. The number of ether oxygens (including phenoxy) is 5. The first-order valence-corrected chi connectivity index (χ1v) is 12.3. The minimum Gasteiger partial charge on any atom is -0.496 e. The monoisotopic (exact) mass is 518 g/mol. The number of rotatable bonds is 10. The third-order valence-corrected chi connectivity index (χ3v) is 8.28. The van der Waals surface area contributed by atoms with Crippen molar-refractivity contribution < 1.29 is 37.8 Å². The topological polar surface area (TPSA) is 97.4 Å². The molecule has 0 aromatic heterocycles. The van der Waals surface area contributed by atoms with Crippen molar-refractivity contribution in [2.45, 2.75) is 0 Å². The number of carbonyl (C=O) groups excluding carboxylic acids is 2. The second-order valence-electron chi connectivity index (χ2n) is 7.12. The van der Waals surface area contributed by atoms with Gasteiger partial charge < -0.3 is 28.2 Å². The van der Waals surface area contributed by atoms with E-state index in [0.717, 1.165) is 0 Å². The lowest BCUT2D eigenvalue weighted by Gasteiger charge is -2.23. The van der Waals surface area contributed by atoms with Gasteiger partial charge in [-0.25, -0.2) is 0 Å². The Morgan fingerprint density at radius 1 is 0.714 bits per heavy atom. The van der Waals surface area contributed by atoms with Gasteiger partial charge in [0.15, 0.2) is 5.75 Å². The Hall–Kier alpha value is -3.48. The van der Waals surface area contributed by atoms with Gasteiger partial charge in [-0.2, -0.15) is 0 Å². The van der Waals surface area contributed by atoms with Crippen molar-refractivity contribution in [3.63, 3.8) is 0 Å². The maximum atomic E-state index is 15.0. The van der Waals surface area contributed by atoms with Crippen molar-refractivity contribution in [2.75, 3.05) is 35.5 Å². The van der Waals surface area contributed by atoms with Gasteiger partial charge in [-0.05, 0) is 12.1 Å². The van der Waals surface area contributed by atoms with E-state index in [0.29, 0.717) is 5.75 Å². The molecule has 0 radical (unpaired) electrons. The molecule has 3 rings (SSSR count). The summed E-state index contributed by atoms with van der Waals surface area (Å²) in [6.45, 7) is 0. The second kappa shape index (κ2) is 10.8. The van der Waals surface area contributed by atoms with Crippen LogP contribution in [-0.2, 0) is 4.57 Å². The van der Waals surface area contributed by atoms with E-state index < -0.39 is 18.2 Å². The molecule has 0 aliphatic heterocycles. The standard InChI is InChI=1S/C25H24ClO8P/c1-30-16-13-19(32-3)21(20(14-16)33-4)25(28)35(29,24(27)15-9-7-6-8-10-15)23-18(31-2)12-11-17(26)22(23)34-5/h6-14H,1-5H3. The highest BCUT2D eigenvalue weighted by molar-refractivity contribution is 8.01. The van der Waals surface area contributed by atoms with Gasteiger partial charge in [0, 0.05) is 17.7 Å². The summed E-state index contributed by atoms with van der Waals surface area (Å²) < 4.78 is 41.8. The SMILES string of the molecule is COc1cc(OC)c(C(=O)P(=O)(C(=O)c2ccccc2)c2c(OC)ccc(Cl)c2OC)c(OC)c1. The smallest absolute Gasteiger partial charge is 0.256 e. The fourth-order valence-electron chi connectivity index (χ4n) is 3.62. The summed E-state index contributed by atoms with van der Waals surface area (Å²) in [4.78, 5) is 28.2. The van der Waals surface area contributed by atoms with Crippen LogP contribution in [0.3, 0.4) is 0 Å². The molecule has 3 aromatic carbocycles. The lowest BCUT2D eigenvalue weighted by atomic mass is 10.2. The van der Waals surface area contributed by atoms with Gasteiger partial charge in [0.1, 0.15) is 33.9 Å². The summed E-state index contributed by atoms with van der Waals surface area (Å²) in [6, 6.07) is 13.6. The molecule has 0 saturated carbocycles. The Morgan fingerprint density at radius 3 is 1.77 bits per heavy atom. The molecule has 0 amide bonds. The van der Waals surface area contributed by atoms with Crippen LogP contribution in [-0.4, -0.2) is 46.6 Å². The summed E-state index contributed by atoms with van der Waals surface area (Å²) in [5.41, 5.74) is -2.12. The Kier molecular flexibility index (Phi) is 8.10. The first kappa shape index (κ1) is 26.1. The Morgan fingerprint density at radius 2 is 1.29 bits per heavy atom. The second-order valence-corrected chi connectivity index (χ2v) is 10.0. The number of methoxy groups -OCH3 is 5. The van der Waals surface area contributed by atoms with Crippen LogP contribution in [0.2, 0.25) is 5.02 Å². The van der Waals surface area contributed by atoms with Crippen LogP contribution in [0.4, 0.5) is 0 Å². The van der Waals surface area contributed by atoms with Crippen molar-refractivity contribution in [1.82, 2.24) is 0 Å². The van der Waals surface area contributed by atoms with Gasteiger partial charge in [0.05, 0.1) is 40.6 Å². The number of hydrogen-bond acceptors (Lipinski definition) is 8. The lowest BCUT2D eigenvalue weighted by molar-refractivity contribution is 0.103. The van der Waals surface area contributed by atoms with E-state index in [1.54, 1.807) is 18.2 Å². The molecular weight excluding hydrogens is 495 g/mol. The van der Waals surface area contributed by atoms with Crippen molar-refractivity contribution >= 4 is 35.1 Å². The van der Waals surface area contributed by atoms with Gasteiger partial charge in [-0.1, -0.05) is 41.9 Å². The molecule has 0 bridgehead atoms. The van der Waals surface area contributed by atoms with Gasteiger partial charge in [-0.15, -0.1) is 0 Å². The Labute approximate surface area is 208 Å². The molecule has 0 fully saturated rings. The van der Waals surface area contributed by atoms with Crippen molar-refractivity contribution in [2.24, 2.45) is 0 Å². The molecule has 0 aliphatic carbocycles. The van der Waals surface area contributed by atoms with E-state index in [9.17, 15) is 14.2 Å². The van der Waals surface area contributed by atoms with Crippen LogP contribution in [0.5, 0.6) is 28.7 Å². The van der Waals surface area contributed by atoms with Gasteiger partial charge in [0.2, 0.25) is 11.0 Å². The van der Waals surface area contributed by atoms with Crippen LogP contribution in [0.1, 0.15) is 20.7 Å². The molecule has 0 N–H and O–H groups in total. The molecule has 0 spiro atoms. The molecule has 8 nitrogen and oxygen atoms in total. The lowest BCUT2D eigenvalue weighted by Crippen LogP contribution is -2.24. The van der Waals surface area contributed by atoms with E-state index in [1.807, 2.05) is 0 Å². The van der Waals surface area contributed by atoms with Crippen molar-refractivity contribution in [3.8, 4) is 28.7 Å². The van der Waals surface area contributed by atoms with E-state index in [4.69, 9.17) is 35.3 Å².